The van der Waals surface area contributed by atoms with Crippen LogP contribution in [0.15, 0.2) is 0 Å². The van der Waals surface area contributed by atoms with E-state index in [-0.39, 0.29) is 0 Å². The van der Waals surface area contributed by atoms with Crippen LogP contribution < -0.4 is 0 Å². The van der Waals surface area contributed by atoms with Crippen LogP contribution >= 0.6 is 15.9 Å². The molecular weight excluding hydrogens is 276 g/mol. The van der Waals surface area contributed by atoms with E-state index in [1.165, 1.54) is 45.4 Å². The van der Waals surface area contributed by atoms with Crippen molar-refractivity contribution in [1.82, 2.24) is 9.80 Å². The largest absolute Gasteiger partial charge is 0.309 e. The lowest BCUT2D eigenvalue weighted by Gasteiger charge is -2.35. The molecule has 0 rings (SSSR count). The molecule has 0 fully saturated rings. The Hall–Kier alpha value is 0.400. The molecule has 0 aromatic rings. The van der Waals surface area contributed by atoms with Crippen molar-refractivity contribution in [3.8, 4) is 0 Å². The zero-order valence-electron chi connectivity index (χ0n) is 12.4. The van der Waals surface area contributed by atoms with Crippen LogP contribution in [0, 0.1) is 5.41 Å². The minimum atomic E-state index is 0.466. The van der Waals surface area contributed by atoms with Gasteiger partial charge in [-0.3, -0.25) is 0 Å². The zero-order valence-corrected chi connectivity index (χ0v) is 14.0. The van der Waals surface area contributed by atoms with Crippen LogP contribution in [-0.2, 0) is 0 Å². The topological polar surface area (TPSA) is 6.48 Å². The van der Waals surface area contributed by atoms with Gasteiger partial charge in [0.25, 0.3) is 0 Å². The highest BCUT2D eigenvalue weighted by atomic mass is 79.9. The van der Waals surface area contributed by atoms with Gasteiger partial charge in [0.15, 0.2) is 0 Å². The number of hydrogen-bond acceptors (Lipinski definition) is 2. The third-order valence-electron chi connectivity index (χ3n) is 3.87. The number of hydrogen-bond donors (Lipinski definition) is 0. The van der Waals surface area contributed by atoms with Gasteiger partial charge in [-0.15, -0.1) is 0 Å². The molecule has 0 unspecified atom stereocenters. The molecule has 0 bridgehead atoms. The minimum absolute atomic E-state index is 0.466. The summed E-state index contributed by atoms with van der Waals surface area (Å²) in [5.41, 5.74) is 0.466. The lowest BCUT2D eigenvalue weighted by molar-refractivity contribution is 0.159. The molecule has 0 aliphatic carbocycles. The smallest absolute Gasteiger partial charge is 0.01000 e. The number of rotatable bonds is 10. The van der Waals surface area contributed by atoms with E-state index in [0.717, 1.165) is 5.33 Å². The van der Waals surface area contributed by atoms with E-state index in [0.29, 0.717) is 5.41 Å². The Balaban J connectivity index is 4.17. The highest BCUT2D eigenvalue weighted by Gasteiger charge is 2.26. The van der Waals surface area contributed by atoms with Gasteiger partial charge in [-0.2, -0.15) is 0 Å². The fraction of sp³-hybridized carbons (Fsp3) is 1.00. The SMILES string of the molecule is CCN(CCCN(C)C)CC(CC)(CC)CBr. The first-order valence-electron chi connectivity index (χ1n) is 6.96. The van der Waals surface area contributed by atoms with Gasteiger partial charge in [0.05, 0.1) is 0 Å². The monoisotopic (exact) mass is 306 g/mol. The highest BCUT2D eigenvalue weighted by Crippen LogP contribution is 2.29. The van der Waals surface area contributed by atoms with Crippen molar-refractivity contribution in [2.75, 3.05) is 45.6 Å². The summed E-state index contributed by atoms with van der Waals surface area (Å²) in [4.78, 5) is 4.88. The van der Waals surface area contributed by atoms with Crippen molar-refractivity contribution in [2.24, 2.45) is 5.41 Å². The quantitative estimate of drug-likeness (QED) is 0.570. The molecule has 0 radical (unpaired) electrons. The number of alkyl halides is 1. The third-order valence-corrected chi connectivity index (χ3v) is 5.06. The number of halogens is 1. The maximum absolute atomic E-state index is 3.71. The van der Waals surface area contributed by atoms with Crippen molar-refractivity contribution in [3.05, 3.63) is 0 Å². The Bertz CT molecular complexity index is 171. The second-order valence-electron chi connectivity index (χ2n) is 5.37. The summed E-state index contributed by atoms with van der Waals surface area (Å²) in [7, 11) is 4.30. The van der Waals surface area contributed by atoms with Crippen molar-refractivity contribution in [3.63, 3.8) is 0 Å². The molecule has 0 spiro atoms. The van der Waals surface area contributed by atoms with Crippen LogP contribution in [0.25, 0.3) is 0 Å². The highest BCUT2D eigenvalue weighted by molar-refractivity contribution is 9.09. The van der Waals surface area contributed by atoms with Crippen LogP contribution in [0.4, 0.5) is 0 Å². The average molecular weight is 307 g/mol. The molecule has 104 valence electrons. The van der Waals surface area contributed by atoms with Crippen LogP contribution in [0.5, 0.6) is 0 Å². The molecule has 0 aliphatic rings. The summed E-state index contributed by atoms with van der Waals surface area (Å²) in [5.74, 6) is 0. The van der Waals surface area contributed by atoms with Crippen molar-refractivity contribution >= 4 is 15.9 Å². The Morgan fingerprint density at radius 2 is 1.59 bits per heavy atom. The fourth-order valence-electron chi connectivity index (χ4n) is 2.14. The van der Waals surface area contributed by atoms with Crippen LogP contribution in [0.2, 0.25) is 0 Å². The average Bonchev–Trinajstić information content (AvgIpc) is 2.34. The van der Waals surface area contributed by atoms with Gasteiger partial charge < -0.3 is 9.80 Å². The van der Waals surface area contributed by atoms with E-state index in [1.807, 2.05) is 0 Å². The van der Waals surface area contributed by atoms with Gasteiger partial charge in [-0.1, -0.05) is 36.7 Å². The predicted octanol–water partition coefficient (Wildman–Crippen LogP) is 3.46. The molecular formula is C14H31BrN2. The minimum Gasteiger partial charge on any atom is -0.309 e. The van der Waals surface area contributed by atoms with E-state index in [1.54, 1.807) is 0 Å². The molecule has 0 amide bonds. The van der Waals surface area contributed by atoms with E-state index < -0.39 is 0 Å². The first kappa shape index (κ1) is 17.4. The molecule has 0 aliphatic heterocycles. The summed E-state index contributed by atoms with van der Waals surface area (Å²) < 4.78 is 0. The summed E-state index contributed by atoms with van der Waals surface area (Å²) in [5, 5.41) is 1.12. The Kier molecular flexibility index (Phi) is 9.57. The van der Waals surface area contributed by atoms with Gasteiger partial charge in [0.2, 0.25) is 0 Å². The van der Waals surface area contributed by atoms with E-state index >= 15 is 0 Å². The molecule has 0 aromatic carbocycles. The normalized spacial score (nSPS) is 12.7. The maximum Gasteiger partial charge on any atom is 0.01000 e. The summed E-state index contributed by atoms with van der Waals surface area (Å²) in [6.45, 7) is 11.7. The Morgan fingerprint density at radius 3 is 1.94 bits per heavy atom. The lowest BCUT2D eigenvalue weighted by Crippen LogP contribution is -2.39. The lowest BCUT2D eigenvalue weighted by atomic mass is 9.84. The van der Waals surface area contributed by atoms with Gasteiger partial charge in [-0.05, 0) is 58.4 Å². The van der Waals surface area contributed by atoms with E-state index in [9.17, 15) is 0 Å². The summed E-state index contributed by atoms with van der Waals surface area (Å²) in [6.07, 6.45) is 3.80. The predicted molar refractivity (Wildman–Crippen MR) is 82.1 cm³/mol. The van der Waals surface area contributed by atoms with Crippen LogP contribution in [0.1, 0.15) is 40.0 Å². The van der Waals surface area contributed by atoms with Crippen molar-refractivity contribution in [1.29, 1.82) is 0 Å². The molecule has 0 atom stereocenters. The van der Waals surface area contributed by atoms with Crippen molar-refractivity contribution in [2.45, 2.75) is 40.0 Å². The van der Waals surface area contributed by atoms with E-state index in [2.05, 4.69) is 60.6 Å². The Morgan fingerprint density at radius 1 is 1.00 bits per heavy atom. The molecule has 0 N–H and O–H groups in total. The molecule has 17 heavy (non-hydrogen) atoms. The summed E-state index contributed by atoms with van der Waals surface area (Å²) in [6, 6.07) is 0. The second kappa shape index (κ2) is 9.35. The van der Waals surface area contributed by atoms with Crippen LogP contribution in [-0.4, -0.2) is 55.4 Å². The molecule has 3 heteroatoms. The van der Waals surface area contributed by atoms with E-state index in [4.69, 9.17) is 0 Å². The maximum atomic E-state index is 3.71. The van der Waals surface area contributed by atoms with Gasteiger partial charge in [0, 0.05) is 11.9 Å². The Labute approximate surface area is 117 Å². The van der Waals surface area contributed by atoms with Crippen molar-refractivity contribution < 1.29 is 0 Å². The molecule has 0 heterocycles. The molecule has 0 saturated heterocycles. The third kappa shape index (κ3) is 6.78. The van der Waals surface area contributed by atoms with Gasteiger partial charge in [-0.25, -0.2) is 0 Å². The first-order valence-corrected chi connectivity index (χ1v) is 8.08. The zero-order chi connectivity index (χ0) is 13.3. The van der Waals surface area contributed by atoms with Crippen LogP contribution in [0.3, 0.4) is 0 Å². The summed E-state index contributed by atoms with van der Waals surface area (Å²) >= 11 is 3.71. The first-order chi connectivity index (χ1) is 8.03. The molecule has 0 saturated carbocycles. The number of nitrogens with zero attached hydrogens (tertiary/aromatic N) is 2. The molecule has 2 nitrogen and oxygen atoms in total. The van der Waals surface area contributed by atoms with Gasteiger partial charge >= 0.3 is 0 Å². The van der Waals surface area contributed by atoms with Gasteiger partial charge in [0.1, 0.15) is 0 Å². The second-order valence-corrected chi connectivity index (χ2v) is 5.93. The molecule has 0 aromatic heterocycles. The fourth-order valence-corrected chi connectivity index (χ4v) is 3.11. The standard InChI is InChI=1S/C14H31BrN2/c1-6-14(7-2,12-15)13-17(8-3)11-9-10-16(4)5/h6-13H2,1-5H3.